The van der Waals surface area contributed by atoms with Gasteiger partial charge in [0, 0.05) is 48.2 Å². The second-order valence-electron chi connectivity index (χ2n) is 9.79. The smallest absolute Gasteiger partial charge is 0.151 e. The third-order valence-corrected chi connectivity index (χ3v) is 6.87. The maximum atomic E-state index is 10.5. The SMILES string of the molecule is CN(c1ccc(-c2ccc(-n3cccn3)cc2O)nn1)C1CC(C)(C)N(C)C(C)(C)C1. The second kappa shape index (κ2) is 7.64. The van der Waals surface area contributed by atoms with Crippen LogP contribution in [0, 0.1) is 0 Å². The van der Waals surface area contributed by atoms with Gasteiger partial charge in [-0.05, 0) is 77.9 Å². The molecule has 31 heavy (non-hydrogen) atoms. The average Bonchev–Trinajstić information content (AvgIpc) is 3.26. The number of benzene rings is 1. The first-order valence-corrected chi connectivity index (χ1v) is 10.7. The maximum Gasteiger partial charge on any atom is 0.151 e. The van der Waals surface area contributed by atoms with Crippen molar-refractivity contribution in [3.05, 3.63) is 48.8 Å². The van der Waals surface area contributed by atoms with Crippen molar-refractivity contribution in [1.29, 1.82) is 0 Å². The zero-order valence-electron chi connectivity index (χ0n) is 19.2. The molecule has 7 heteroatoms. The van der Waals surface area contributed by atoms with Crippen LogP contribution < -0.4 is 4.90 Å². The Hall–Kier alpha value is -2.93. The van der Waals surface area contributed by atoms with Crippen LogP contribution in [-0.4, -0.2) is 61.2 Å². The van der Waals surface area contributed by atoms with E-state index < -0.39 is 0 Å². The van der Waals surface area contributed by atoms with Gasteiger partial charge in [-0.2, -0.15) is 5.10 Å². The minimum absolute atomic E-state index is 0.107. The molecule has 1 fully saturated rings. The highest BCUT2D eigenvalue weighted by atomic mass is 16.3. The summed E-state index contributed by atoms with van der Waals surface area (Å²) in [6.45, 7) is 9.22. The molecule has 1 saturated heterocycles. The molecule has 164 valence electrons. The van der Waals surface area contributed by atoms with Gasteiger partial charge in [0.05, 0.1) is 11.4 Å². The van der Waals surface area contributed by atoms with E-state index in [4.69, 9.17) is 0 Å². The second-order valence-corrected chi connectivity index (χ2v) is 9.79. The zero-order chi connectivity index (χ0) is 22.4. The van der Waals surface area contributed by atoms with Gasteiger partial charge >= 0.3 is 0 Å². The Kier molecular flexibility index (Phi) is 5.25. The van der Waals surface area contributed by atoms with Crippen LogP contribution in [0.1, 0.15) is 40.5 Å². The van der Waals surface area contributed by atoms with Gasteiger partial charge in [-0.25, -0.2) is 4.68 Å². The third-order valence-electron chi connectivity index (χ3n) is 6.87. The molecule has 0 unspecified atom stereocenters. The summed E-state index contributed by atoms with van der Waals surface area (Å²) >= 11 is 0. The van der Waals surface area contributed by atoms with Crippen molar-refractivity contribution in [3.8, 4) is 22.7 Å². The summed E-state index contributed by atoms with van der Waals surface area (Å²) in [5.74, 6) is 1.000. The molecular formula is C24H32N6O. The maximum absolute atomic E-state index is 10.5. The summed E-state index contributed by atoms with van der Waals surface area (Å²) in [5, 5.41) is 23.7. The Morgan fingerprint density at radius 1 is 1.03 bits per heavy atom. The fraction of sp³-hybridized carbons (Fsp3) is 0.458. The molecule has 0 saturated carbocycles. The fourth-order valence-corrected chi connectivity index (χ4v) is 4.74. The molecule has 3 heterocycles. The van der Waals surface area contributed by atoms with Crippen LogP contribution in [0.15, 0.2) is 48.8 Å². The Labute approximate surface area is 184 Å². The molecule has 0 radical (unpaired) electrons. The highest BCUT2D eigenvalue weighted by Crippen LogP contribution is 2.39. The van der Waals surface area contributed by atoms with E-state index in [2.05, 4.69) is 66.9 Å². The molecule has 0 spiro atoms. The number of likely N-dealkylation sites (tertiary alicyclic amines) is 1. The number of rotatable bonds is 4. The summed E-state index contributed by atoms with van der Waals surface area (Å²) < 4.78 is 1.71. The summed E-state index contributed by atoms with van der Waals surface area (Å²) in [6.07, 6.45) is 5.66. The quantitative estimate of drug-likeness (QED) is 0.685. The summed E-state index contributed by atoms with van der Waals surface area (Å²) in [7, 11) is 4.32. The van der Waals surface area contributed by atoms with Gasteiger partial charge in [-0.3, -0.25) is 4.90 Å². The molecule has 3 aromatic rings. The lowest BCUT2D eigenvalue weighted by molar-refractivity contribution is -0.0120. The average molecular weight is 421 g/mol. The van der Waals surface area contributed by atoms with E-state index in [-0.39, 0.29) is 16.8 Å². The van der Waals surface area contributed by atoms with Crippen molar-refractivity contribution in [3.63, 3.8) is 0 Å². The van der Waals surface area contributed by atoms with Crippen molar-refractivity contribution in [2.45, 2.75) is 57.7 Å². The highest BCUT2D eigenvalue weighted by molar-refractivity contribution is 5.69. The van der Waals surface area contributed by atoms with E-state index in [0.29, 0.717) is 17.3 Å². The van der Waals surface area contributed by atoms with E-state index >= 15 is 0 Å². The van der Waals surface area contributed by atoms with Crippen LogP contribution in [-0.2, 0) is 0 Å². The fourth-order valence-electron chi connectivity index (χ4n) is 4.74. The number of anilines is 1. The number of phenols is 1. The Balaban J connectivity index is 1.54. The number of hydrogen-bond acceptors (Lipinski definition) is 6. The molecule has 0 aliphatic carbocycles. The topological polar surface area (TPSA) is 70.3 Å². The molecule has 0 bridgehead atoms. The van der Waals surface area contributed by atoms with E-state index in [0.717, 1.165) is 24.3 Å². The number of hydrogen-bond donors (Lipinski definition) is 1. The van der Waals surface area contributed by atoms with E-state index in [1.165, 1.54) is 0 Å². The van der Waals surface area contributed by atoms with E-state index in [9.17, 15) is 5.11 Å². The van der Waals surface area contributed by atoms with Gasteiger partial charge in [-0.1, -0.05) is 0 Å². The van der Waals surface area contributed by atoms with Crippen molar-refractivity contribution >= 4 is 5.82 Å². The minimum Gasteiger partial charge on any atom is -0.507 e. The zero-order valence-corrected chi connectivity index (χ0v) is 19.2. The van der Waals surface area contributed by atoms with Crippen LogP contribution in [0.4, 0.5) is 5.82 Å². The number of piperidine rings is 1. The summed E-state index contributed by atoms with van der Waals surface area (Å²) in [4.78, 5) is 4.72. The summed E-state index contributed by atoms with van der Waals surface area (Å²) in [5.41, 5.74) is 2.31. The lowest BCUT2D eigenvalue weighted by Crippen LogP contribution is -2.62. The molecule has 1 aliphatic rings. The largest absolute Gasteiger partial charge is 0.507 e. The van der Waals surface area contributed by atoms with Crippen LogP contribution in [0.2, 0.25) is 0 Å². The van der Waals surface area contributed by atoms with Crippen LogP contribution in [0.5, 0.6) is 5.75 Å². The number of nitrogens with zero attached hydrogens (tertiary/aromatic N) is 6. The van der Waals surface area contributed by atoms with Gasteiger partial charge in [0.1, 0.15) is 5.75 Å². The lowest BCUT2D eigenvalue weighted by atomic mass is 9.77. The molecular weight excluding hydrogens is 388 g/mol. The minimum atomic E-state index is 0.107. The van der Waals surface area contributed by atoms with Crippen LogP contribution in [0.3, 0.4) is 0 Å². The van der Waals surface area contributed by atoms with Gasteiger partial charge in [0.25, 0.3) is 0 Å². The molecule has 4 rings (SSSR count). The number of aromatic hydroxyl groups is 1. The Morgan fingerprint density at radius 3 is 2.29 bits per heavy atom. The van der Waals surface area contributed by atoms with Gasteiger partial charge < -0.3 is 10.0 Å². The molecule has 7 nitrogen and oxygen atoms in total. The number of phenolic OH excluding ortho intramolecular Hbond substituents is 1. The molecule has 1 N–H and O–H groups in total. The third kappa shape index (κ3) is 4.02. The van der Waals surface area contributed by atoms with Crippen molar-refractivity contribution in [1.82, 2.24) is 24.9 Å². The standard InChI is InChI=1S/C24H32N6O/c1-23(2)15-18(16-24(3,4)29(23)6)28(5)22-11-10-20(26-27-22)19-9-8-17(14-21(19)31)30-13-7-12-25-30/h7-14,18,31H,15-16H2,1-6H3. The molecule has 2 aromatic heterocycles. The highest BCUT2D eigenvalue weighted by Gasteiger charge is 2.44. The van der Waals surface area contributed by atoms with Crippen molar-refractivity contribution in [2.24, 2.45) is 0 Å². The van der Waals surface area contributed by atoms with E-state index in [1.807, 2.05) is 36.5 Å². The molecule has 0 amide bonds. The predicted octanol–water partition coefficient (Wildman–Crippen LogP) is 4.12. The van der Waals surface area contributed by atoms with Gasteiger partial charge in [0.2, 0.25) is 0 Å². The van der Waals surface area contributed by atoms with Crippen LogP contribution in [0.25, 0.3) is 16.9 Å². The first-order valence-electron chi connectivity index (χ1n) is 10.7. The van der Waals surface area contributed by atoms with Crippen molar-refractivity contribution in [2.75, 3.05) is 19.0 Å². The first kappa shape index (κ1) is 21.3. The van der Waals surface area contributed by atoms with Gasteiger partial charge in [-0.15, -0.1) is 10.2 Å². The van der Waals surface area contributed by atoms with Crippen molar-refractivity contribution < 1.29 is 5.11 Å². The molecule has 0 atom stereocenters. The lowest BCUT2D eigenvalue weighted by Gasteiger charge is -2.55. The Morgan fingerprint density at radius 2 is 1.74 bits per heavy atom. The molecule has 1 aliphatic heterocycles. The summed E-state index contributed by atoms with van der Waals surface area (Å²) in [6, 6.07) is 11.6. The normalized spacial score (nSPS) is 18.8. The van der Waals surface area contributed by atoms with Crippen LogP contribution >= 0.6 is 0 Å². The van der Waals surface area contributed by atoms with E-state index in [1.54, 1.807) is 16.9 Å². The Bertz CT molecular complexity index is 1020. The first-order chi connectivity index (χ1) is 14.6. The predicted molar refractivity (Wildman–Crippen MR) is 124 cm³/mol. The van der Waals surface area contributed by atoms with Gasteiger partial charge in [0.15, 0.2) is 5.82 Å². The monoisotopic (exact) mass is 420 g/mol. The number of aromatic nitrogens is 4. The molecule has 1 aromatic carbocycles.